The van der Waals surface area contributed by atoms with E-state index in [1.54, 1.807) is 14.2 Å². The van der Waals surface area contributed by atoms with Crippen molar-refractivity contribution in [2.24, 2.45) is 11.8 Å². The molecule has 4 rings (SSSR count). The zero-order valence-corrected chi connectivity index (χ0v) is 19.4. The zero-order chi connectivity index (χ0) is 22.5. The van der Waals surface area contributed by atoms with Gasteiger partial charge in [0.25, 0.3) is 0 Å². The van der Waals surface area contributed by atoms with E-state index in [9.17, 15) is 4.79 Å². The van der Waals surface area contributed by atoms with Crippen LogP contribution in [0.15, 0.2) is 48.5 Å². The summed E-state index contributed by atoms with van der Waals surface area (Å²) in [7, 11) is 5.52. The maximum atomic E-state index is 12.9. The number of anilines is 1. The molecule has 0 aromatic heterocycles. The van der Waals surface area contributed by atoms with Gasteiger partial charge in [-0.1, -0.05) is 12.1 Å². The quantitative estimate of drug-likeness (QED) is 0.713. The molecule has 2 saturated heterocycles. The summed E-state index contributed by atoms with van der Waals surface area (Å²) in [5.74, 6) is 2.53. The molecule has 6 heteroatoms. The van der Waals surface area contributed by atoms with E-state index in [4.69, 9.17) is 9.47 Å². The molecule has 32 heavy (non-hydrogen) atoms. The highest BCUT2D eigenvalue weighted by Gasteiger charge is 2.39. The first kappa shape index (κ1) is 22.6. The van der Waals surface area contributed by atoms with E-state index in [1.807, 2.05) is 36.4 Å². The minimum atomic E-state index is 0.0458. The van der Waals surface area contributed by atoms with E-state index in [1.165, 1.54) is 18.4 Å². The predicted octanol–water partition coefficient (Wildman–Crippen LogP) is 3.87. The van der Waals surface area contributed by atoms with Crippen LogP contribution in [0.2, 0.25) is 0 Å². The predicted molar refractivity (Wildman–Crippen MR) is 127 cm³/mol. The van der Waals surface area contributed by atoms with Crippen molar-refractivity contribution in [3.05, 3.63) is 54.1 Å². The van der Waals surface area contributed by atoms with Crippen molar-refractivity contribution in [3.8, 4) is 11.5 Å². The Labute approximate surface area is 191 Å². The van der Waals surface area contributed by atoms with Crippen LogP contribution in [-0.2, 0) is 11.3 Å². The average molecular weight is 438 g/mol. The number of piperidine rings is 1. The Balaban J connectivity index is 1.26. The molecule has 2 aliphatic rings. The van der Waals surface area contributed by atoms with Crippen LogP contribution in [0.25, 0.3) is 0 Å². The summed E-state index contributed by atoms with van der Waals surface area (Å²) >= 11 is 0. The molecular weight excluding hydrogens is 402 g/mol. The Morgan fingerprint density at radius 2 is 1.56 bits per heavy atom. The molecular formula is C26H35N3O3. The molecule has 2 fully saturated rings. The summed E-state index contributed by atoms with van der Waals surface area (Å²) in [6.45, 7) is 4.05. The lowest BCUT2D eigenvalue weighted by molar-refractivity contribution is -0.119. The van der Waals surface area contributed by atoms with Crippen LogP contribution in [0.5, 0.6) is 11.5 Å². The Morgan fingerprint density at radius 1 is 0.969 bits per heavy atom. The number of hydrogen-bond donors (Lipinski definition) is 1. The van der Waals surface area contributed by atoms with Crippen molar-refractivity contribution in [3.63, 3.8) is 0 Å². The minimum Gasteiger partial charge on any atom is -0.497 e. The Hall–Kier alpha value is -2.57. The Morgan fingerprint density at radius 3 is 2.16 bits per heavy atom. The van der Waals surface area contributed by atoms with Crippen molar-refractivity contribution >= 4 is 11.6 Å². The molecule has 0 unspecified atom stereocenters. The SMILES string of the molecule is COc1ccc(CN2CCC([C@H]3C[C@H](C(=O)Nc4ccc(OC)cc4)CN3C)CC2)cc1. The van der Waals surface area contributed by atoms with Gasteiger partial charge in [-0.3, -0.25) is 9.69 Å². The fourth-order valence-corrected chi connectivity index (χ4v) is 5.17. The first-order chi connectivity index (χ1) is 15.6. The molecule has 0 aliphatic carbocycles. The topological polar surface area (TPSA) is 54.0 Å². The van der Waals surface area contributed by atoms with Gasteiger partial charge >= 0.3 is 0 Å². The summed E-state index contributed by atoms with van der Waals surface area (Å²) in [5, 5.41) is 3.08. The molecule has 0 bridgehead atoms. The normalized spacial score (nSPS) is 22.6. The molecule has 172 valence electrons. The van der Waals surface area contributed by atoms with Crippen LogP contribution >= 0.6 is 0 Å². The van der Waals surface area contributed by atoms with Crippen LogP contribution in [0.1, 0.15) is 24.8 Å². The van der Waals surface area contributed by atoms with Crippen LogP contribution in [-0.4, -0.2) is 62.7 Å². The second-order valence-corrected chi connectivity index (χ2v) is 9.12. The lowest BCUT2D eigenvalue weighted by Crippen LogP contribution is -2.41. The van der Waals surface area contributed by atoms with E-state index >= 15 is 0 Å². The number of carbonyl (C=O) groups is 1. The number of carbonyl (C=O) groups excluding carboxylic acids is 1. The van der Waals surface area contributed by atoms with Gasteiger partial charge in [0.2, 0.25) is 5.91 Å². The number of nitrogens with zero attached hydrogens (tertiary/aromatic N) is 2. The van der Waals surface area contributed by atoms with Gasteiger partial charge in [0.05, 0.1) is 20.1 Å². The number of rotatable bonds is 7. The molecule has 0 spiro atoms. The lowest BCUT2D eigenvalue weighted by atomic mass is 9.86. The number of amides is 1. The summed E-state index contributed by atoms with van der Waals surface area (Å²) in [6.07, 6.45) is 3.33. The van der Waals surface area contributed by atoms with Gasteiger partial charge in [-0.25, -0.2) is 0 Å². The van der Waals surface area contributed by atoms with Crippen molar-refractivity contribution in [1.29, 1.82) is 0 Å². The molecule has 2 atom stereocenters. The van der Waals surface area contributed by atoms with Gasteiger partial charge in [-0.05, 0) is 87.3 Å². The second-order valence-electron chi connectivity index (χ2n) is 9.12. The van der Waals surface area contributed by atoms with Crippen LogP contribution < -0.4 is 14.8 Å². The van der Waals surface area contributed by atoms with E-state index in [2.05, 4.69) is 34.3 Å². The molecule has 2 aromatic carbocycles. The highest BCUT2D eigenvalue weighted by Crippen LogP contribution is 2.34. The highest BCUT2D eigenvalue weighted by atomic mass is 16.5. The summed E-state index contributed by atoms with van der Waals surface area (Å²) in [5.41, 5.74) is 2.16. The molecule has 2 aromatic rings. The number of methoxy groups -OCH3 is 2. The lowest BCUT2D eigenvalue weighted by Gasteiger charge is -2.37. The minimum absolute atomic E-state index is 0.0458. The monoisotopic (exact) mass is 437 g/mol. The fourth-order valence-electron chi connectivity index (χ4n) is 5.17. The maximum absolute atomic E-state index is 12.9. The van der Waals surface area contributed by atoms with Gasteiger partial charge in [0.15, 0.2) is 0 Å². The van der Waals surface area contributed by atoms with Crippen molar-refractivity contribution < 1.29 is 14.3 Å². The average Bonchev–Trinajstić information content (AvgIpc) is 3.22. The molecule has 6 nitrogen and oxygen atoms in total. The third-order valence-corrected chi connectivity index (χ3v) is 7.07. The van der Waals surface area contributed by atoms with Crippen molar-refractivity contribution in [2.75, 3.05) is 46.2 Å². The maximum Gasteiger partial charge on any atom is 0.228 e. The molecule has 1 amide bonds. The van der Waals surface area contributed by atoms with Gasteiger partial charge in [-0.15, -0.1) is 0 Å². The molecule has 2 heterocycles. The summed E-state index contributed by atoms with van der Waals surface area (Å²) < 4.78 is 10.4. The number of nitrogens with one attached hydrogen (secondary N) is 1. The highest BCUT2D eigenvalue weighted by molar-refractivity contribution is 5.93. The third kappa shape index (κ3) is 5.43. The van der Waals surface area contributed by atoms with Crippen molar-refractivity contribution in [1.82, 2.24) is 9.80 Å². The van der Waals surface area contributed by atoms with Crippen LogP contribution in [0.3, 0.4) is 0 Å². The van der Waals surface area contributed by atoms with E-state index in [0.717, 1.165) is 49.8 Å². The second kappa shape index (κ2) is 10.4. The first-order valence-electron chi connectivity index (χ1n) is 11.6. The number of hydrogen-bond acceptors (Lipinski definition) is 5. The van der Waals surface area contributed by atoms with Crippen LogP contribution in [0.4, 0.5) is 5.69 Å². The Kier molecular flexibility index (Phi) is 7.33. The third-order valence-electron chi connectivity index (χ3n) is 7.07. The Bertz CT molecular complexity index is 876. The summed E-state index contributed by atoms with van der Waals surface area (Å²) in [4.78, 5) is 17.8. The smallest absolute Gasteiger partial charge is 0.228 e. The van der Waals surface area contributed by atoms with E-state index in [0.29, 0.717) is 12.0 Å². The zero-order valence-electron chi connectivity index (χ0n) is 19.4. The van der Waals surface area contributed by atoms with Gasteiger partial charge in [0, 0.05) is 24.8 Å². The molecule has 1 N–H and O–H groups in total. The first-order valence-corrected chi connectivity index (χ1v) is 11.6. The standard InChI is InChI=1S/C26H35N3O3/c1-28-18-21(26(30)27-22-6-10-24(32-3)11-7-22)16-25(28)20-12-14-29(15-13-20)17-19-4-8-23(31-2)9-5-19/h4-11,20-21,25H,12-18H2,1-3H3,(H,27,30)/t21-,25+/m0/s1. The molecule has 2 aliphatic heterocycles. The number of ether oxygens (including phenoxy) is 2. The largest absolute Gasteiger partial charge is 0.497 e. The molecule has 0 radical (unpaired) electrons. The fraction of sp³-hybridized carbons (Fsp3) is 0.500. The van der Waals surface area contributed by atoms with E-state index < -0.39 is 0 Å². The van der Waals surface area contributed by atoms with Crippen molar-refractivity contribution in [2.45, 2.75) is 31.8 Å². The number of likely N-dealkylation sites (tertiary alicyclic amines) is 2. The van der Waals surface area contributed by atoms with Gasteiger partial charge in [-0.2, -0.15) is 0 Å². The summed E-state index contributed by atoms with van der Waals surface area (Å²) in [6, 6.07) is 16.4. The molecule has 0 saturated carbocycles. The number of benzene rings is 2. The van der Waals surface area contributed by atoms with E-state index in [-0.39, 0.29) is 11.8 Å². The van der Waals surface area contributed by atoms with Gasteiger partial charge in [0.1, 0.15) is 11.5 Å². The van der Waals surface area contributed by atoms with Gasteiger partial charge < -0.3 is 19.7 Å². The van der Waals surface area contributed by atoms with Crippen LogP contribution in [0, 0.1) is 11.8 Å².